The Kier molecular flexibility index (Phi) is 3.95. The van der Waals surface area contributed by atoms with Gasteiger partial charge in [0.05, 0.1) is 0 Å². The third-order valence-corrected chi connectivity index (χ3v) is 2.99. The van der Waals surface area contributed by atoms with Crippen LogP contribution in [0.4, 0.5) is 5.69 Å². The summed E-state index contributed by atoms with van der Waals surface area (Å²) in [5.41, 5.74) is 7.93. The first-order valence-corrected chi connectivity index (χ1v) is 5.80. The molecular formula is C9H12BrNS. The first-order valence-electron chi connectivity index (χ1n) is 3.85. The van der Waals surface area contributed by atoms with Crippen molar-refractivity contribution >= 4 is 33.4 Å². The van der Waals surface area contributed by atoms with Crippen LogP contribution in [-0.4, -0.2) is 5.75 Å². The molecule has 0 unspecified atom stereocenters. The van der Waals surface area contributed by atoms with Crippen LogP contribution in [0.25, 0.3) is 0 Å². The van der Waals surface area contributed by atoms with Crippen LogP contribution in [0.15, 0.2) is 22.7 Å². The molecule has 0 saturated heterocycles. The minimum absolute atomic E-state index is 0.880. The number of hydrogen-bond acceptors (Lipinski definition) is 2. The van der Waals surface area contributed by atoms with Gasteiger partial charge in [0.2, 0.25) is 0 Å². The Morgan fingerprint density at radius 1 is 1.50 bits per heavy atom. The molecular weight excluding hydrogens is 234 g/mol. The van der Waals surface area contributed by atoms with Gasteiger partial charge in [0.1, 0.15) is 0 Å². The summed E-state index contributed by atoms with van der Waals surface area (Å²) in [4.78, 5) is 0. The molecule has 0 amide bonds. The summed E-state index contributed by atoms with van der Waals surface area (Å²) < 4.78 is 1.05. The van der Waals surface area contributed by atoms with Crippen LogP contribution in [-0.2, 0) is 5.75 Å². The van der Waals surface area contributed by atoms with Gasteiger partial charge in [-0.15, -0.1) is 0 Å². The summed E-state index contributed by atoms with van der Waals surface area (Å²) in [7, 11) is 0. The highest BCUT2D eigenvalue weighted by atomic mass is 79.9. The third kappa shape index (κ3) is 2.72. The van der Waals surface area contributed by atoms with E-state index in [-0.39, 0.29) is 0 Å². The van der Waals surface area contributed by atoms with E-state index in [0.29, 0.717) is 0 Å². The van der Waals surface area contributed by atoms with Crippen LogP contribution in [0.2, 0.25) is 0 Å². The van der Waals surface area contributed by atoms with Crippen molar-refractivity contribution in [2.24, 2.45) is 0 Å². The summed E-state index contributed by atoms with van der Waals surface area (Å²) in [6, 6.07) is 6.05. The van der Waals surface area contributed by atoms with Crippen LogP contribution < -0.4 is 5.73 Å². The normalized spacial score (nSPS) is 10.2. The lowest BCUT2D eigenvalue weighted by molar-refractivity contribution is 1.39. The average molecular weight is 246 g/mol. The molecule has 0 aliphatic carbocycles. The molecule has 0 atom stereocenters. The molecule has 1 nitrogen and oxygen atoms in total. The zero-order valence-electron chi connectivity index (χ0n) is 7.01. The van der Waals surface area contributed by atoms with Gasteiger partial charge in [0.25, 0.3) is 0 Å². The molecule has 2 N–H and O–H groups in total. The fourth-order valence-electron chi connectivity index (χ4n) is 0.909. The van der Waals surface area contributed by atoms with Crippen LogP contribution in [0.5, 0.6) is 0 Å². The van der Waals surface area contributed by atoms with Crippen LogP contribution in [0.3, 0.4) is 0 Å². The van der Waals surface area contributed by atoms with Crippen molar-refractivity contribution in [2.45, 2.75) is 12.7 Å². The van der Waals surface area contributed by atoms with Gasteiger partial charge >= 0.3 is 0 Å². The van der Waals surface area contributed by atoms with Crippen molar-refractivity contribution in [1.82, 2.24) is 0 Å². The number of thioether (sulfide) groups is 1. The SMILES string of the molecule is CCSCc1ccc(Br)cc1N. The van der Waals surface area contributed by atoms with E-state index in [1.807, 2.05) is 23.9 Å². The Bertz CT molecular complexity index is 263. The molecule has 1 aromatic carbocycles. The van der Waals surface area contributed by atoms with Crippen molar-refractivity contribution in [2.75, 3.05) is 11.5 Å². The Morgan fingerprint density at radius 2 is 2.25 bits per heavy atom. The number of nitrogens with two attached hydrogens (primary N) is 1. The molecule has 0 bridgehead atoms. The highest BCUT2D eigenvalue weighted by Crippen LogP contribution is 2.22. The predicted molar refractivity (Wildman–Crippen MR) is 60.4 cm³/mol. The summed E-state index contributed by atoms with van der Waals surface area (Å²) in [6.07, 6.45) is 0. The molecule has 1 aromatic rings. The minimum atomic E-state index is 0.880. The predicted octanol–water partition coefficient (Wildman–Crippen LogP) is 3.28. The number of benzene rings is 1. The van der Waals surface area contributed by atoms with Gasteiger partial charge < -0.3 is 5.73 Å². The van der Waals surface area contributed by atoms with Crippen LogP contribution in [0.1, 0.15) is 12.5 Å². The highest BCUT2D eigenvalue weighted by Gasteiger charge is 1.98. The second-order valence-electron chi connectivity index (χ2n) is 2.48. The highest BCUT2D eigenvalue weighted by molar-refractivity contribution is 9.10. The Morgan fingerprint density at radius 3 is 2.83 bits per heavy atom. The van der Waals surface area contributed by atoms with Crippen molar-refractivity contribution in [1.29, 1.82) is 0 Å². The Hall–Kier alpha value is -0.150. The van der Waals surface area contributed by atoms with Gasteiger partial charge in [0.15, 0.2) is 0 Å². The molecule has 0 fully saturated rings. The van der Waals surface area contributed by atoms with Crippen molar-refractivity contribution < 1.29 is 0 Å². The summed E-state index contributed by atoms with van der Waals surface area (Å²) in [5, 5.41) is 0. The summed E-state index contributed by atoms with van der Waals surface area (Å²) >= 11 is 5.26. The van der Waals surface area contributed by atoms with E-state index < -0.39 is 0 Å². The fourth-order valence-corrected chi connectivity index (χ4v) is 1.97. The van der Waals surface area contributed by atoms with Gasteiger partial charge in [-0.3, -0.25) is 0 Å². The molecule has 12 heavy (non-hydrogen) atoms. The molecule has 0 saturated carbocycles. The number of halogens is 1. The lowest BCUT2D eigenvalue weighted by atomic mass is 10.2. The van der Waals surface area contributed by atoms with E-state index in [2.05, 4.69) is 28.9 Å². The van der Waals surface area contributed by atoms with Gasteiger partial charge in [0, 0.05) is 15.9 Å². The molecule has 0 aliphatic heterocycles. The van der Waals surface area contributed by atoms with Gasteiger partial charge in [-0.1, -0.05) is 28.9 Å². The number of rotatable bonds is 3. The third-order valence-electron chi connectivity index (χ3n) is 1.57. The van der Waals surface area contributed by atoms with Crippen LogP contribution in [0, 0.1) is 0 Å². The molecule has 3 heteroatoms. The zero-order chi connectivity index (χ0) is 8.97. The standard InChI is InChI=1S/C9H12BrNS/c1-2-12-6-7-3-4-8(10)5-9(7)11/h3-5H,2,6,11H2,1H3. The molecule has 1 rings (SSSR count). The molecule has 0 radical (unpaired) electrons. The molecule has 0 spiro atoms. The first-order chi connectivity index (χ1) is 5.74. The van der Waals surface area contributed by atoms with E-state index >= 15 is 0 Å². The fraction of sp³-hybridized carbons (Fsp3) is 0.333. The Labute approximate surface area is 85.9 Å². The summed E-state index contributed by atoms with van der Waals surface area (Å²) in [6.45, 7) is 2.15. The van der Waals surface area contributed by atoms with E-state index in [4.69, 9.17) is 5.73 Å². The largest absolute Gasteiger partial charge is 0.398 e. The number of hydrogen-bond donors (Lipinski definition) is 1. The zero-order valence-corrected chi connectivity index (χ0v) is 9.41. The smallest absolute Gasteiger partial charge is 0.0366 e. The maximum absolute atomic E-state index is 5.82. The number of nitrogen functional groups attached to an aromatic ring is 1. The van der Waals surface area contributed by atoms with E-state index in [1.165, 1.54) is 5.56 Å². The first kappa shape index (κ1) is 9.93. The molecule has 66 valence electrons. The topological polar surface area (TPSA) is 26.0 Å². The lowest BCUT2D eigenvalue weighted by Crippen LogP contribution is -1.92. The maximum atomic E-state index is 5.82. The van der Waals surface area contributed by atoms with Crippen molar-refractivity contribution in [3.63, 3.8) is 0 Å². The molecule has 0 aromatic heterocycles. The van der Waals surface area contributed by atoms with E-state index in [1.54, 1.807) is 0 Å². The second kappa shape index (κ2) is 4.77. The quantitative estimate of drug-likeness (QED) is 0.828. The monoisotopic (exact) mass is 245 g/mol. The van der Waals surface area contributed by atoms with Gasteiger partial charge in [-0.05, 0) is 23.4 Å². The van der Waals surface area contributed by atoms with Gasteiger partial charge in [-0.25, -0.2) is 0 Å². The Balaban J connectivity index is 2.72. The van der Waals surface area contributed by atoms with Crippen molar-refractivity contribution in [3.05, 3.63) is 28.2 Å². The lowest BCUT2D eigenvalue weighted by Gasteiger charge is -2.04. The summed E-state index contributed by atoms with van der Waals surface area (Å²) in [5.74, 6) is 2.14. The second-order valence-corrected chi connectivity index (χ2v) is 4.67. The van der Waals surface area contributed by atoms with Crippen LogP contribution >= 0.6 is 27.7 Å². The van der Waals surface area contributed by atoms with E-state index in [0.717, 1.165) is 21.7 Å². The van der Waals surface area contributed by atoms with E-state index in [9.17, 15) is 0 Å². The van der Waals surface area contributed by atoms with Gasteiger partial charge in [-0.2, -0.15) is 11.8 Å². The molecule has 0 heterocycles. The average Bonchev–Trinajstić information content (AvgIpc) is 2.03. The minimum Gasteiger partial charge on any atom is -0.398 e. The number of anilines is 1. The molecule has 0 aliphatic rings. The maximum Gasteiger partial charge on any atom is 0.0366 e. The van der Waals surface area contributed by atoms with Crippen molar-refractivity contribution in [3.8, 4) is 0 Å².